The Morgan fingerprint density at radius 3 is 2.65 bits per heavy atom. The summed E-state index contributed by atoms with van der Waals surface area (Å²) in [5, 5.41) is 2.73. The van der Waals surface area contributed by atoms with E-state index in [1.807, 2.05) is 45.0 Å². The second-order valence-corrected chi connectivity index (χ2v) is 6.28. The van der Waals surface area contributed by atoms with Crippen LogP contribution in [-0.4, -0.2) is 11.5 Å². The predicted octanol–water partition coefficient (Wildman–Crippen LogP) is 3.52. The zero-order chi connectivity index (χ0) is 17.0. The molecule has 0 fully saturated rings. The average Bonchev–Trinajstić information content (AvgIpc) is 2.46. The van der Waals surface area contributed by atoms with Crippen LogP contribution >= 0.6 is 0 Å². The van der Waals surface area contributed by atoms with Crippen molar-refractivity contribution in [3.05, 3.63) is 59.4 Å². The molecule has 0 saturated carbocycles. The third-order valence-electron chi connectivity index (χ3n) is 3.04. The van der Waals surface area contributed by atoms with Crippen LogP contribution in [0.15, 0.2) is 42.5 Å². The number of ether oxygens (including phenoxy) is 1. The molecule has 0 radical (unpaired) electrons. The molecular formula is C18H21FN2O2. The number of hydrogen-bond acceptors (Lipinski definition) is 3. The summed E-state index contributed by atoms with van der Waals surface area (Å²) < 4.78 is 19.0. The van der Waals surface area contributed by atoms with E-state index in [2.05, 4.69) is 5.32 Å². The van der Waals surface area contributed by atoms with E-state index in [-0.39, 0.29) is 16.9 Å². The predicted molar refractivity (Wildman–Crippen MR) is 88.8 cm³/mol. The molecular weight excluding hydrogens is 295 g/mol. The molecule has 3 N–H and O–H groups in total. The number of nitrogen functional groups attached to an aromatic ring is 1. The van der Waals surface area contributed by atoms with E-state index in [0.29, 0.717) is 6.54 Å². The highest BCUT2D eigenvalue weighted by Gasteiger charge is 2.13. The molecule has 0 heterocycles. The van der Waals surface area contributed by atoms with Crippen LogP contribution in [0.25, 0.3) is 0 Å². The molecule has 0 atom stereocenters. The molecule has 2 aromatic carbocycles. The Hall–Kier alpha value is -2.56. The fourth-order valence-corrected chi connectivity index (χ4v) is 2.08. The number of amides is 1. The Bertz CT molecular complexity index is 708. The van der Waals surface area contributed by atoms with Gasteiger partial charge in [-0.25, -0.2) is 4.39 Å². The van der Waals surface area contributed by atoms with Crippen molar-refractivity contribution < 1.29 is 13.9 Å². The number of rotatable bonds is 4. The molecule has 0 aromatic heterocycles. The van der Waals surface area contributed by atoms with Crippen molar-refractivity contribution in [2.45, 2.75) is 32.9 Å². The summed E-state index contributed by atoms with van der Waals surface area (Å²) in [6.45, 7) is 6.20. The van der Waals surface area contributed by atoms with E-state index >= 15 is 0 Å². The average molecular weight is 316 g/mol. The van der Waals surface area contributed by atoms with Crippen LogP contribution in [0.1, 0.15) is 36.7 Å². The van der Waals surface area contributed by atoms with Gasteiger partial charge in [0, 0.05) is 12.2 Å². The van der Waals surface area contributed by atoms with Gasteiger partial charge < -0.3 is 15.8 Å². The van der Waals surface area contributed by atoms with Gasteiger partial charge in [0.1, 0.15) is 17.2 Å². The molecule has 0 spiro atoms. The Kier molecular flexibility index (Phi) is 4.89. The fraction of sp³-hybridized carbons (Fsp3) is 0.278. The Balaban J connectivity index is 2.04. The lowest BCUT2D eigenvalue weighted by atomic mass is 10.1. The monoisotopic (exact) mass is 316 g/mol. The maximum absolute atomic E-state index is 13.2. The highest BCUT2D eigenvalue weighted by atomic mass is 19.1. The van der Waals surface area contributed by atoms with Gasteiger partial charge in [-0.05, 0) is 56.7 Å². The number of nitrogens with one attached hydrogen (secondary N) is 1. The minimum Gasteiger partial charge on any atom is -0.488 e. The third kappa shape index (κ3) is 4.98. The van der Waals surface area contributed by atoms with Crippen LogP contribution in [0.5, 0.6) is 5.75 Å². The maximum atomic E-state index is 13.2. The van der Waals surface area contributed by atoms with Crippen molar-refractivity contribution in [1.29, 1.82) is 0 Å². The number of benzene rings is 2. The zero-order valence-corrected chi connectivity index (χ0v) is 13.5. The number of carbonyl (C=O) groups is 1. The first kappa shape index (κ1) is 16.8. The summed E-state index contributed by atoms with van der Waals surface area (Å²) in [5.41, 5.74) is 6.67. The van der Waals surface area contributed by atoms with Gasteiger partial charge in [-0.15, -0.1) is 0 Å². The fourth-order valence-electron chi connectivity index (χ4n) is 2.08. The van der Waals surface area contributed by atoms with Crippen molar-refractivity contribution in [1.82, 2.24) is 5.32 Å². The number of anilines is 1. The van der Waals surface area contributed by atoms with Gasteiger partial charge in [0.15, 0.2) is 0 Å². The summed E-state index contributed by atoms with van der Waals surface area (Å²) in [7, 11) is 0. The second-order valence-electron chi connectivity index (χ2n) is 6.28. The molecule has 2 rings (SSSR count). The molecule has 2 aromatic rings. The van der Waals surface area contributed by atoms with Crippen molar-refractivity contribution in [2.24, 2.45) is 0 Å². The molecule has 0 unspecified atom stereocenters. The normalized spacial score (nSPS) is 11.1. The molecule has 0 aliphatic rings. The molecule has 0 aliphatic carbocycles. The lowest BCUT2D eigenvalue weighted by Crippen LogP contribution is -2.24. The largest absolute Gasteiger partial charge is 0.488 e. The van der Waals surface area contributed by atoms with Crippen LogP contribution in [0.2, 0.25) is 0 Å². The molecule has 0 aliphatic heterocycles. The molecule has 5 heteroatoms. The van der Waals surface area contributed by atoms with E-state index in [1.54, 1.807) is 0 Å². The smallest absolute Gasteiger partial charge is 0.253 e. The van der Waals surface area contributed by atoms with Gasteiger partial charge >= 0.3 is 0 Å². The quantitative estimate of drug-likeness (QED) is 0.848. The Labute approximate surface area is 135 Å². The van der Waals surface area contributed by atoms with Gasteiger partial charge in [0.25, 0.3) is 5.91 Å². The van der Waals surface area contributed by atoms with Crippen LogP contribution < -0.4 is 15.8 Å². The van der Waals surface area contributed by atoms with E-state index < -0.39 is 11.7 Å². The highest BCUT2D eigenvalue weighted by Crippen LogP contribution is 2.19. The molecule has 0 saturated heterocycles. The summed E-state index contributed by atoms with van der Waals surface area (Å²) in [6, 6.07) is 11.2. The summed E-state index contributed by atoms with van der Waals surface area (Å²) >= 11 is 0. The van der Waals surface area contributed by atoms with E-state index in [1.165, 1.54) is 12.1 Å². The molecule has 23 heavy (non-hydrogen) atoms. The number of halogens is 1. The number of nitrogens with two attached hydrogens (primary N) is 1. The van der Waals surface area contributed by atoms with Crippen molar-refractivity contribution in [3.8, 4) is 5.75 Å². The lowest BCUT2D eigenvalue weighted by molar-refractivity contribution is 0.0950. The first-order valence-electron chi connectivity index (χ1n) is 7.36. The van der Waals surface area contributed by atoms with E-state index in [9.17, 15) is 9.18 Å². The van der Waals surface area contributed by atoms with Crippen molar-refractivity contribution in [2.75, 3.05) is 5.73 Å². The zero-order valence-electron chi connectivity index (χ0n) is 13.5. The van der Waals surface area contributed by atoms with Crippen molar-refractivity contribution in [3.63, 3.8) is 0 Å². The minimum absolute atomic E-state index is 0.132. The Morgan fingerprint density at radius 1 is 1.22 bits per heavy atom. The standard InChI is InChI=1S/C18H21FN2O2/c1-18(2,3)23-14-6-4-5-12(9-14)11-21-17(22)15-10-13(19)7-8-16(15)20/h4-10H,11,20H2,1-3H3,(H,21,22). The molecule has 122 valence electrons. The van der Waals surface area contributed by atoms with E-state index in [0.717, 1.165) is 17.4 Å². The lowest BCUT2D eigenvalue weighted by Gasteiger charge is -2.21. The van der Waals surface area contributed by atoms with Crippen LogP contribution in [0, 0.1) is 5.82 Å². The second kappa shape index (κ2) is 6.69. The minimum atomic E-state index is -0.495. The van der Waals surface area contributed by atoms with Crippen molar-refractivity contribution >= 4 is 11.6 Å². The first-order valence-corrected chi connectivity index (χ1v) is 7.36. The van der Waals surface area contributed by atoms with Crippen LogP contribution in [-0.2, 0) is 6.54 Å². The number of carbonyl (C=O) groups excluding carboxylic acids is 1. The first-order chi connectivity index (χ1) is 10.7. The van der Waals surface area contributed by atoms with Crippen LogP contribution in [0.4, 0.5) is 10.1 Å². The van der Waals surface area contributed by atoms with Crippen LogP contribution in [0.3, 0.4) is 0 Å². The van der Waals surface area contributed by atoms with Gasteiger partial charge in [-0.2, -0.15) is 0 Å². The summed E-state index contributed by atoms with van der Waals surface area (Å²) in [6.07, 6.45) is 0. The Morgan fingerprint density at radius 2 is 1.96 bits per heavy atom. The third-order valence-corrected chi connectivity index (χ3v) is 3.04. The maximum Gasteiger partial charge on any atom is 0.253 e. The van der Waals surface area contributed by atoms with Gasteiger partial charge in [-0.1, -0.05) is 12.1 Å². The molecule has 4 nitrogen and oxygen atoms in total. The summed E-state index contributed by atoms with van der Waals surface area (Å²) in [4.78, 5) is 12.1. The SMILES string of the molecule is CC(C)(C)Oc1cccc(CNC(=O)c2cc(F)ccc2N)c1. The van der Waals surface area contributed by atoms with Gasteiger partial charge in [-0.3, -0.25) is 4.79 Å². The molecule has 0 bridgehead atoms. The molecule has 1 amide bonds. The van der Waals surface area contributed by atoms with E-state index in [4.69, 9.17) is 10.5 Å². The number of hydrogen-bond donors (Lipinski definition) is 2. The van der Waals surface area contributed by atoms with Gasteiger partial charge in [0.2, 0.25) is 0 Å². The van der Waals surface area contributed by atoms with Gasteiger partial charge in [0.05, 0.1) is 5.56 Å². The summed E-state index contributed by atoms with van der Waals surface area (Å²) in [5.74, 6) is -0.177. The highest BCUT2D eigenvalue weighted by molar-refractivity contribution is 5.99. The topological polar surface area (TPSA) is 64.3 Å².